The average Bonchev–Trinajstić information content (AvgIpc) is 2.74. The van der Waals surface area contributed by atoms with E-state index in [-0.39, 0.29) is 5.70 Å². The number of benzene rings is 1. The number of ether oxygens (including phenoxy) is 3. The highest BCUT2D eigenvalue weighted by Gasteiger charge is 2.30. The van der Waals surface area contributed by atoms with E-state index in [4.69, 9.17) is 14.2 Å². The first-order chi connectivity index (χ1) is 10.0. The molecule has 0 atom stereocenters. The number of nitrogens with zero attached hydrogens (tertiary/aromatic N) is 1. The SMILES string of the molecule is COc1cc(OC)c(OC)cc1/C=C1/NC(=O)N(C)C1=O. The molecule has 21 heavy (non-hydrogen) atoms. The van der Waals surface area contributed by atoms with Crippen LogP contribution in [0.1, 0.15) is 5.56 Å². The molecule has 1 aromatic carbocycles. The maximum atomic E-state index is 11.9. The lowest BCUT2D eigenvalue weighted by atomic mass is 10.1. The second-order valence-electron chi connectivity index (χ2n) is 4.30. The molecule has 1 fully saturated rings. The number of rotatable bonds is 4. The normalized spacial score (nSPS) is 16.2. The molecule has 1 aliphatic heterocycles. The maximum absolute atomic E-state index is 11.9. The van der Waals surface area contributed by atoms with Crippen LogP contribution in [0, 0.1) is 0 Å². The van der Waals surface area contributed by atoms with Crippen molar-refractivity contribution in [1.82, 2.24) is 10.2 Å². The second kappa shape index (κ2) is 5.74. The highest BCUT2D eigenvalue weighted by molar-refractivity contribution is 6.13. The largest absolute Gasteiger partial charge is 0.496 e. The van der Waals surface area contributed by atoms with Crippen molar-refractivity contribution in [3.63, 3.8) is 0 Å². The Morgan fingerprint density at radius 3 is 2.05 bits per heavy atom. The molecule has 7 heteroatoms. The summed E-state index contributed by atoms with van der Waals surface area (Å²) in [5.74, 6) is 1.10. The van der Waals surface area contributed by atoms with Crippen molar-refractivity contribution in [3.05, 3.63) is 23.4 Å². The van der Waals surface area contributed by atoms with Crippen molar-refractivity contribution < 1.29 is 23.8 Å². The monoisotopic (exact) mass is 292 g/mol. The van der Waals surface area contributed by atoms with E-state index in [0.29, 0.717) is 22.8 Å². The van der Waals surface area contributed by atoms with Crippen molar-refractivity contribution in [2.75, 3.05) is 28.4 Å². The quantitative estimate of drug-likeness (QED) is 0.667. The first kappa shape index (κ1) is 14.7. The number of carbonyl (C=O) groups excluding carboxylic acids is 2. The van der Waals surface area contributed by atoms with Gasteiger partial charge in [0.25, 0.3) is 5.91 Å². The van der Waals surface area contributed by atoms with Gasteiger partial charge in [-0.1, -0.05) is 0 Å². The van der Waals surface area contributed by atoms with Gasteiger partial charge < -0.3 is 19.5 Å². The number of carbonyl (C=O) groups is 2. The van der Waals surface area contributed by atoms with E-state index in [9.17, 15) is 9.59 Å². The molecule has 0 spiro atoms. The van der Waals surface area contributed by atoms with Crippen molar-refractivity contribution in [2.24, 2.45) is 0 Å². The predicted molar refractivity (Wildman–Crippen MR) is 75.4 cm³/mol. The molecule has 1 N–H and O–H groups in total. The highest BCUT2D eigenvalue weighted by atomic mass is 16.5. The summed E-state index contributed by atoms with van der Waals surface area (Å²) in [4.78, 5) is 24.3. The van der Waals surface area contributed by atoms with Gasteiger partial charge >= 0.3 is 6.03 Å². The average molecular weight is 292 g/mol. The van der Waals surface area contributed by atoms with Crippen molar-refractivity contribution in [2.45, 2.75) is 0 Å². The standard InChI is InChI=1S/C14H16N2O5/c1-16-13(17)9(15-14(16)18)5-8-6-11(20-3)12(21-4)7-10(8)19-2/h5-7H,1-4H3,(H,15,18)/b9-5+. The Balaban J connectivity index is 2.49. The Kier molecular flexibility index (Phi) is 4.02. The molecule has 0 radical (unpaired) electrons. The zero-order valence-corrected chi connectivity index (χ0v) is 12.2. The van der Waals surface area contributed by atoms with Crippen LogP contribution >= 0.6 is 0 Å². The molecule has 0 aromatic heterocycles. The third-order valence-corrected chi connectivity index (χ3v) is 3.12. The van der Waals surface area contributed by atoms with E-state index < -0.39 is 11.9 Å². The van der Waals surface area contributed by atoms with Crippen LogP contribution in [0.4, 0.5) is 4.79 Å². The fourth-order valence-corrected chi connectivity index (χ4v) is 1.94. The van der Waals surface area contributed by atoms with E-state index in [1.165, 1.54) is 34.5 Å². The van der Waals surface area contributed by atoms with Crippen LogP contribution in [-0.4, -0.2) is 45.2 Å². The van der Waals surface area contributed by atoms with Gasteiger partial charge in [-0.25, -0.2) is 4.79 Å². The molecule has 1 aliphatic rings. The summed E-state index contributed by atoms with van der Waals surface area (Å²) in [6, 6.07) is 2.85. The molecule has 112 valence electrons. The van der Waals surface area contributed by atoms with E-state index >= 15 is 0 Å². The molecular weight excluding hydrogens is 276 g/mol. The van der Waals surface area contributed by atoms with Crippen LogP contribution in [0.3, 0.4) is 0 Å². The molecule has 1 saturated heterocycles. The fourth-order valence-electron chi connectivity index (χ4n) is 1.94. The summed E-state index contributed by atoms with van der Waals surface area (Å²) in [5.41, 5.74) is 0.766. The van der Waals surface area contributed by atoms with E-state index in [2.05, 4.69) is 5.32 Å². The van der Waals surface area contributed by atoms with Crippen LogP contribution in [0.15, 0.2) is 17.8 Å². The molecule has 2 rings (SSSR count). The van der Waals surface area contributed by atoms with Gasteiger partial charge in [0.1, 0.15) is 11.4 Å². The van der Waals surface area contributed by atoms with Crippen LogP contribution in [0.25, 0.3) is 6.08 Å². The lowest BCUT2D eigenvalue weighted by Crippen LogP contribution is -2.25. The van der Waals surface area contributed by atoms with Gasteiger partial charge in [0.15, 0.2) is 11.5 Å². The molecule has 0 unspecified atom stereocenters. The number of likely N-dealkylation sites (N-methyl/N-ethyl adjacent to an activating group) is 1. The predicted octanol–water partition coefficient (Wildman–Crippen LogP) is 1.23. The molecule has 1 heterocycles. The number of urea groups is 1. The van der Waals surface area contributed by atoms with Gasteiger partial charge in [-0.05, 0) is 12.1 Å². The molecule has 7 nitrogen and oxygen atoms in total. The molecule has 0 saturated carbocycles. The second-order valence-corrected chi connectivity index (χ2v) is 4.30. The smallest absolute Gasteiger partial charge is 0.328 e. The molecule has 0 bridgehead atoms. The van der Waals surface area contributed by atoms with Crippen molar-refractivity contribution in [3.8, 4) is 17.2 Å². The Morgan fingerprint density at radius 1 is 1.00 bits per heavy atom. The first-order valence-corrected chi connectivity index (χ1v) is 6.12. The number of hydrogen-bond acceptors (Lipinski definition) is 5. The van der Waals surface area contributed by atoms with Crippen LogP contribution in [0.2, 0.25) is 0 Å². The molecule has 3 amide bonds. The van der Waals surface area contributed by atoms with Gasteiger partial charge in [0.2, 0.25) is 0 Å². The topological polar surface area (TPSA) is 77.1 Å². The van der Waals surface area contributed by atoms with Gasteiger partial charge in [-0.15, -0.1) is 0 Å². The van der Waals surface area contributed by atoms with E-state index in [1.807, 2.05) is 0 Å². The zero-order valence-electron chi connectivity index (χ0n) is 12.2. The summed E-state index contributed by atoms with van der Waals surface area (Å²) < 4.78 is 15.7. The van der Waals surface area contributed by atoms with Gasteiger partial charge in [-0.2, -0.15) is 0 Å². The zero-order chi connectivity index (χ0) is 15.6. The highest BCUT2D eigenvalue weighted by Crippen LogP contribution is 2.35. The molecular formula is C14H16N2O5. The van der Waals surface area contributed by atoms with Crippen molar-refractivity contribution >= 4 is 18.0 Å². The number of nitrogens with one attached hydrogen (secondary N) is 1. The maximum Gasteiger partial charge on any atom is 0.328 e. The van der Waals surface area contributed by atoms with Gasteiger partial charge in [-0.3, -0.25) is 9.69 Å². The third-order valence-electron chi connectivity index (χ3n) is 3.12. The summed E-state index contributed by atoms with van der Waals surface area (Å²) >= 11 is 0. The number of amides is 3. The minimum absolute atomic E-state index is 0.174. The Bertz CT molecular complexity index is 624. The summed E-state index contributed by atoms with van der Waals surface area (Å²) in [7, 11) is 5.94. The van der Waals surface area contributed by atoms with Crippen LogP contribution in [0.5, 0.6) is 17.2 Å². The minimum atomic E-state index is -0.467. The lowest BCUT2D eigenvalue weighted by Gasteiger charge is -2.12. The first-order valence-electron chi connectivity index (χ1n) is 6.12. The van der Waals surface area contributed by atoms with Crippen LogP contribution in [-0.2, 0) is 4.79 Å². The molecule has 0 aliphatic carbocycles. The third kappa shape index (κ3) is 2.62. The Labute approximate surface area is 122 Å². The molecule has 1 aromatic rings. The summed E-state index contributed by atoms with van der Waals surface area (Å²) in [6.07, 6.45) is 1.53. The Hall–Kier alpha value is -2.70. The minimum Gasteiger partial charge on any atom is -0.496 e. The Morgan fingerprint density at radius 2 is 1.57 bits per heavy atom. The lowest BCUT2D eigenvalue weighted by molar-refractivity contribution is -0.121. The summed E-state index contributed by atoms with van der Waals surface area (Å²) in [5, 5.41) is 2.49. The summed E-state index contributed by atoms with van der Waals surface area (Å²) in [6.45, 7) is 0. The fraction of sp³-hybridized carbons (Fsp3) is 0.286. The number of imide groups is 1. The van der Waals surface area contributed by atoms with Crippen LogP contribution < -0.4 is 19.5 Å². The number of hydrogen-bond donors (Lipinski definition) is 1. The van der Waals surface area contributed by atoms with Gasteiger partial charge in [0.05, 0.1) is 21.3 Å². The van der Waals surface area contributed by atoms with Gasteiger partial charge in [0, 0.05) is 18.7 Å². The number of methoxy groups -OCH3 is 3. The van der Waals surface area contributed by atoms with Crippen molar-refractivity contribution in [1.29, 1.82) is 0 Å². The van der Waals surface area contributed by atoms with E-state index in [0.717, 1.165) is 4.90 Å². The van der Waals surface area contributed by atoms with E-state index in [1.54, 1.807) is 12.1 Å².